The molecule has 8 fully saturated rings. The third kappa shape index (κ3) is 7.99. The Morgan fingerprint density at radius 1 is 0.800 bits per heavy atom. The SMILES string of the molecule is O=C(CCNCCN1CCOCC1)N[C@@H]1CCN(C2C(F)CC3C(=O)C(C(=O)NCCN4CCCC4)=CN4C5CC6OC7CCCCC7C6CC5OC2C34)C1. The molecule has 0 aromatic rings. The van der Waals surface area contributed by atoms with Gasteiger partial charge in [0.25, 0.3) is 5.91 Å². The molecule has 0 aromatic carbocycles. The molecule has 0 radical (unpaired) electrons. The summed E-state index contributed by atoms with van der Waals surface area (Å²) in [6, 6.07) is -0.957. The number of ether oxygens (including phenoxy) is 3. The van der Waals surface area contributed by atoms with Gasteiger partial charge in [-0.3, -0.25) is 24.2 Å². The molecule has 0 spiro atoms. The third-order valence-electron chi connectivity index (χ3n) is 14.8. The Kier molecular flexibility index (Phi) is 11.8. The van der Waals surface area contributed by atoms with Gasteiger partial charge in [0, 0.05) is 83.5 Å². The molecule has 6 aliphatic heterocycles. The third-order valence-corrected chi connectivity index (χ3v) is 14.8. The molecular formula is C41H64FN7O6. The van der Waals surface area contributed by atoms with Crippen LogP contribution in [-0.4, -0.2) is 177 Å². The summed E-state index contributed by atoms with van der Waals surface area (Å²) < 4.78 is 36.1. The molecular weight excluding hydrogens is 705 g/mol. The number of ketones is 1. The van der Waals surface area contributed by atoms with Gasteiger partial charge in [0.15, 0.2) is 5.78 Å². The molecule has 2 amide bonds. The summed E-state index contributed by atoms with van der Waals surface area (Å²) in [7, 11) is 0. The van der Waals surface area contributed by atoms with Crippen molar-refractivity contribution in [2.24, 2.45) is 17.8 Å². The molecule has 3 saturated carbocycles. The Morgan fingerprint density at radius 3 is 2.45 bits per heavy atom. The molecule has 12 atom stereocenters. The highest BCUT2D eigenvalue weighted by atomic mass is 19.1. The topological polar surface area (TPSA) is 128 Å². The average Bonchev–Trinajstić information content (AvgIpc) is 3.96. The van der Waals surface area contributed by atoms with Gasteiger partial charge >= 0.3 is 0 Å². The average molecular weight is 770 g/mol. The summed E-state index contributed by atoms with van der Waals surface area (Å²) in [6.45, 7) is 10.4. The van der Waals surface area contributed by atoms with Crippen LogP contribution in [0.2, 0.25) is 0 Å². The molecule has 9 rings (SSSR count). The number of hydrogen-bond donors (Lipinski definition) is 3. The lowest BCUT2D eigenvalue weighted by Gasteiger charge is -2.61. The van der Waals surface area contributed by atoms with Crippen molar-refractivity contribution in [3.63, 3.8) is 0 Å². The lowest BCUT2D eigenvalue weighted by atomic mass is 9.67. The van der Waals surface area contributed by atoms with Gasteiger partial charge in [0.2, 0.25) is 5.91 Å². The van der Waals surface area contributed by atoms with Crippen molar-refractivity contribution >= 4 is 17.6 Å². The first-order chi connectivity index (χ1) is 26.9. The molecule has 5 saturated heterocycles. The van der Waals surface area contributed by atoms with Crippen LogP contribution in [0.3, 0.4) is 0 Å². The number of rotatable bonds is 12. The van der Waals surface area contributed by atoms with Crippen LogP contribution in [0.5, 0.6) is 0 Å². The Morgan fingerprint density at radius 2 is 1.60 bits per heavy atom. The van der Waals surface area contributed by atoms with Crippen molar-refractivity contribution < 1.29 is 33.0 Å². The number of carbonyl (C=O) groups excluding carboxylic acids is 3. The molecule has 13 nitrogen and oxygen atoms in total. The second kappa shape index (κ2) is 17.0. The summed E-state index contributed by atoms with van der Waals surface area (Å²) in [6.07, 6.45) is 10.4. The lowest BCUT2D eigenvalue weighted by molar-refractivity contribution is -0.220. The Labute approximate surface area is 325 Å². The quantitative estimate of drug-likeness (QED) is 0.195. The van der Waals surface area contributed by atoms with Gasteiger partial charge in [0.1, 0.15) is 6.17 Å². The van der Waals surface area contributed by atoms with Gasteiger partial charge < -0.3 is 40.0 Å². The van der Waals surface area contributed by atoms with Gasteiger partial charge in [-0.05, 0) is 76.3 Å². The van der Waals surface area contributed by atoms with Crippen molar-refractivity contribution in [1.82, 2.24) is 35.6 Å². The van der Waals surface area contributed by atoms with E-state index in [1.54, 1.807) is 0 Å². The van der Waals surface area contributed by atoms with Crippen molar-refractivity contribution in [2.45, 2.75) is 125 Å². The van der Waals surface area contributed by atoms with E-state index in [4.69, 9.17) is 14.2 Å². The zero-order valence-electron chi connectivity index (χ0n) is 32.6. The fraction of sp³-hybridized carbons (Fsp3) is 0.878. The number of likely N-dealkylation sites (tertiary alicyclic amines) is 2. The molecule has 0 bridgehead atoms. The molecule has 9 aliphatic rings. The lowest BCUT2D eigenvalue weighted by Crippen LogP contribution is -2.73. The number of morpholine rings is 2. The fourth-order valence-electron chi connectivity index (χ4n) is 12.1. The zero-order chi connectivity index (χ0) is 37.5. The Bertz CT molecular complexity index is 1430. The molecule has 306 valence electrons. The van der Waals surface area contributed by atoms with E-state index in [0.717, 1.165) is 84.7 Å². The number of alkyl halides is 1. The predicted octanol–water partition coefficient (Wildman–Crippen LogP) is 1.07. The van der Waals surface area contributed by atoms with Crippen LogP contribution in [0.25, 0.3) is 0 Å². The molecule has 11 unspecified atom stereocenters. The molecule has 55 heavy (non-hydrogen) atoms. The van der Waals surface area contributed by atoms with E-state index in [9.17, 15) is 14.4 Å². The van der Waals surface area contributed by atoms with Crippen molar-refractivity contribution in [3.8, 4) is 0 Å². The van der Waals surface area contributed by atoms with Crippen LogP contribution in [0.15, 0.2) is 11.8 Å². The number of halogens is 1. The number of Topliss-reactive ketones (excluding diaryl/α,β-unsaturated/α-hetero) is 1. The van der Waals surface area contributed by atoms with Gasteiger partial charge in [0.05, 0.1) is 61.3 Å². The summed E-state index contributed by atoms with van der Waals surface area (Å²) in [5.74, 6) is -0.272. The molecule has 6 heterocycles. The standard InChI is InChI=1S/C41H64FN7O6/c42-31-21-29-37-40(38(31)48-14-8-26(24-48)45-36(50)7-9-43-10-15-47-17-19-53-20-18-47)55-35-22-28-27-5-1-2-6-33(27)54-34(28)23-32(35)49(37)25-30(39(29)51)41(52)44-11-16-46-12-3-4-13-46/h25-29,31-35,37-38,40,43H,1-24H2,(H,44,52)(H,45,50)/t26-,27?,28?,29?,31?,32?,33?,34?,35?,37?,38?,40?/m1/s1. The maximum atomic E-state index is 16.8. The van der Waals surface area contributed by atoms with Gasteiger partial charge in [-0.25, -0.2) is 4.39 Å². The summed E-state index contributed by atoms with van der Waals surface area (Å²) in [5, 5.41) is 9.67. The van der Waals surface area contributed by atoms with E-state index in [1.807, 2.05) is 6.20 Å². The summed E-state index contributed by atoms with van der Waals surface area (Å²) in [5.41, 5.74) is 0.162. The second-order valence-electron chi connectivity index (χ2n) is 18.0. The first-order valence-electron chi connectivity index (χ1n) is 21.9. The highest BCUT2D eigenvalue weighted by molar-refractivity contribution is 6.20. The highest BCUT2D eigenvalue weighted by Gasteiger charge is 2.62. The summed E-state index contributed by atoms with van der Waals surface area (Å²) >= 11 is 0. The van der Waals surface area contributed by atoms with Crippen LogP contribution in [0.4, 0.5) is 4.39 Å². The molecule has 0 aromatic heterocycles. The normalized spacial score (nSPS) is 40.6. The second-order valence-corrected chi connectivity index (χ2v) is 18.0. The number of amides is 2. The van der Waals surface area contributed by atoms with E-state index in [0.29, 0.717) is 50.5 Å². The molecule has 3 aliphatic carbocycles. The minimum absolute atomic E-state index is 0.0139. The number of nitrogens with zero attached hydrogens (tertiary/aromatic N) is 4. The van der Waals surface area contributed by atoms with Gasteiger partial charge in [-0.2, -0.15) is 0 Å². The number of hydrogen-bond acceptors (Lipinski definition) is 11. The summed E-state index contributed by atoms with van der Waals surface area (Å²) in [4.78, 5) is 50.1. The van der Waals surface area contributed by atoms with Crippen LogP contribution < -0.4 is 16.0 Å². The van der Waals surface area contributed by atoms with Crippen molar-refractivity contribution in [3.05, 3.63) is 11.8 Å². The fourth-order valence-corrected chi connectivity index (χ4v) is 12.1. The van der Waals surface area contributed by atoms with E-state index in [-0.39, 0.29) is 59.9 Å². The largest absolute Gasteiger partial charge is 0.379 e. The van der Waals surface area contributed by atoms with E-state index in [2.05, 4.69) is 35.6 Å². The van der Waals surface area contributed by atoms with E-state index in [1.165, 1.54) is 32.1 Å². The first-order valence-corrected chi connectivity index (χ1v) is 21.9. The highest BCUT2D eigenvalue weighted by Crippen LogP contribution is 2.53. The zero-order valence-corrected chi connectivity index (χ0v) is 32.6. The van der Waals surface area contributed by atoms with Gasteiger partial charge in [-0.15, -0.1) is 0 Å². The van der Waals surface area contributed by atoms with Crippen molar-refractivity contribution in [2.75, 3.05) is 85.2 Å². The number of fused-ring (bicyclic) bond motifs is 5. The maximum absolute atomic E-state index is 16.8. The monoisotopic (exact) mass is 769 g/mol. The Hall–Kier alpha value is -2.20. The van der Waals surface area contributed by atoms with E-state index < -0.39 is 24.2 Å². The predicted molar refractivity (Wildman–Crippen MR) is 203 cm³/mol. The Balaban J connectivity index is 0.878. The van der Waals surface area contributed by atoms with Crippen LogP contribution in [-0.2, 0) is 28.6 Å². The minimum Gasteiger partial charge on any atom is -0.379 e. The first kappa shape index (κ1) is 38.3. The van der Waals surface area contributed by atoms with Crippen LogP contribution in [0, 0.1) is 17.8 Å². The number of carbonyl (C=O) groups is 3. The van der Waals surface area contributed by atoms with E-state index >= 15 is 4.39 Å². The van der Waals surface area contributed by atoms with Crippen LogP contribution in [0.1, 0.15) is 70.6 Å². The van der Waals surface area contributed by atoms with Gasteiger partial charge in [-0.1, -0.05) is 12.8 Å². The molecule has 3 N–H and O–H groups in total. The smallest absolute Gasteiger partial charge is 0.256 e. The number of nitrogens with one attached hydrogen (secondary N) is 3. The maximum Gasteiger partial charge on any atom is 0.256 e. The molecule has 14 heteroatoms. The van der Waals surface area contributed by atoms with Crippen molar-refractivity contribution in [1.29, 1.82) is 0 Å². The minimum atomic E-state index is -1.29. The van der Waals surface area contributed by atoms with Crippen LogP contribution >= 0.6 is 0 Å².